The van der Waals surface area contributed by atoms with Crippen LogP contribution in [0.1, 0.15) is 74.9 Å². The van der Waals surface area contributed by atoms with E-state index in [-0.39, 0.29) is 22.6 Å². The zero-order valence-electron chi connectivity index (χ0n) is 23.1. The van der Waals surface area contributed by atoms with Gasteiger partial charge in [-0.2, -0.15) is 0 Å². The second-order valence-electron chi connectivity index (χ2n) is 11.6. The zero-order valence-corrected chi connectivity index (χ0v) is 23.1. The fourth-order valence-corrected chi connectivity index (χ4v) is 4.16. The van der Waals surface area contributed by atoms with E-state index in [9.17, 15) is 4.79 Å². The van der Waals surface area contributed by atoms with Crippen LogP contribution in [0.3, 0.4) is 0 Å². The Morgan fingerprint density at radius 2 is 0.974 bits per heavy atom. The highest BCUT2D eigenvalue weighted by Crippen LogP contribution is 2.26. The van der Waals surface area contributed by atoms with Gasteiger partial charge in [-0.15, -0.1) is 0 Å². The van der Waals surface area contributed by atoms with Crippen molar-refractivity contribution in [2.75, 3.05) is 0 Å². The van der Waals surface area contributed by atoms with E-state index in [1.165, 1.54) is 11.1 Å². The van der Waals surface area contributed by atoms with E-state index < -0.39 is 6.16 Å². The Hall–Kier alpha value is -3.99. The standard InChI is InChI=1S/C33H36N2O3/c1-32(2,3)27-15-11-23(12-16-27)21-25-9-7-19-34-29(25)37-31(36)38-30-26(10-8-20-35-30)22-24-13-17-28(18-14-24)33(4,5)6/h7-20H,21-22H2,1-6H3. The maximum atomic E-state index is 12.8. The number of hydrogen-bond donors (Lipinski definition) is 0. The summed E-state index contributed by atoms with van der Waals surface area (Å²) in [7, 11) is 0. The molecular formula is C33H36N2O3. The molecule has 0 amide bonds. The summed E-state index contributed by atoms with van der Waals surface area (Å²) in [5, 5.41) is 0. The van der Waals surface area contributed by atoms with E-state index in [2.05, 4.69) is 100 Å². The molecule has 0 N–H and O–H groups in total. The molecule has 2 heterocycles. The van der Waals surface area contributed by atoms with Gasteiger partial charge in [0.05, 0.1) is 0 Å². The molecule has 0 radical (unpaired) electrons. The van der Waals surface area contributed by atoms with Gasteiger partial charge >= 0.3 is 6.16 Å². The predicted octanol–water partition coefficient (Wildman–Crippen LogP) is 7.83. The first-order valence-corrected chi connectivity index (χ1v) is 13.0. The quantitative estimate of drug-likeness (QED) is 0.248. The topological polar surface area (TPSA) is 61.3 Å². The van der Waals surface area contributed by atoms with E-state index >= 15 is 0 Å². The fraction of sp³-hybridized carbons (Fsp3) is 0.303. The summed E-state index contributed by atoms with van der Waals surface area (Å²) >= 11 is 0. The van der Waals surface area contributed by atoms with Gasteiger partial charge in [-0.1, -0.05) is 102 Å². The summed E-state index contributed by atoms with van der Waals surface area (Å²) in [6.07, 6.45) is 3.50. The number of aromatic nitrogens is 2. The summed E-state index contributed by atoms with van der Waals surface area (Å²) in [5.74, 6) is 0.459. The van der Waals surface area contributed by atoms with Gasteiger partial charge < -0.3 is 9.47 Å². The van der Waals surface area contributed by atoms with Crippen LogP contribution < -0.4 is 9.47 Å². The maximum Gasteiger partial charge on any atom is 0.522 e. The zero-order chi connectivity index (χ0) is 27.3. The van der Waals surface area contributed by atoms with Crippen molar-refractivity contribution in [1.82, 2.24) is 9.97 Å². The number of ether oxygens (including phenoxy) is 2. The Morgan fingerprint density at radius 3 is 1.32 bits per heavy atom. The average molecular weight is 509 g/mol. The van der Waals surface area contributed by atoms with Crippen molar-refractivity contribution in [3.63, 3.8) is 0 Å². The maximum absolute atomic E-state index is 12.8. The van der Waals surface area contributed by atoms with Crippen molar-refractivity contribution in [2.45, 2.75) is 65.2 Å². The third-order valence-corrected chi connectivity index (χ3v) is 6.49. The van der Waals surface area contributed by atoms with Crippen molar-refractivity contribution in [1.29, 1.82) is 0 Å². The summed E-state index contributed by atoms with van der Waals surface area (Å²) in [6.45, 7) is 13.1. The van der Waals surface area contributed by atoms with Gasteiger partial charge in [-0.3, -0.25) is 0 Å². The van der Waals surface area contributed by atoms with Gasteiger partial charge in [0.2, 0.25) is 11.8 Å². The van der Waals surface area contributed by atoms with Crippen molar-refractivity contribution in [2.24, 2.45) is 0 Å². The molecule has 2 aromatic heterocycles. The number of carbonyl (C=O) groups excluding carboxylic acids is 1. The van der Waals surface area contributed by atoms with Crippen LogP contribution >= 0.6 is 0 Å². The van der Waals surface area contributed by atoms with E-state index in [1.54, 1.807) is 12.4 Å². The molecule has 0 unspecified atom stereocenters. The Labute approximate surface area is 225 Å². The summed E-state index contributed by atoms with van der Waals surface area (Å²) in [6, 6.07) is 24.4. The molecule has 0 aliphatic rings. The predicted molar refractivity (Wildman–Crippen MR) is 151 cm³/mol. The molecule has 5 nitrogen and oxygen atoms in total. The van der Waals surface area contributed by atoms with Gasteiger partial charge in [-0.25, -0.2) is 14.8 Å². The Balaban J connectivity index is 1.45. The highest BCUT2D eigenvalue weighted by molar-refractivity contribution is 5.67. The first-order valence-electron chi connectivity index (χ1n) is 13.0. The SMILES string of the molecule is CC(C)(C)c1ccc(Cc2cccnc2OC(=O)Oc2ncccc2Cc2ccc(C(C)(C)C)cc2)cc1. The van der Waals surface area contributed by atoms with Crippen LogP contribution in [0.5, 0.6) is 11.8 Å². The lowest BCUT2D eigenvalue weighted by Gasteiger charge is -2.19. The first-order chi connectivity index (χ1) is 18.0. The monoisotopic (exact) mass is 508 g/mol. The van der Waals surface area contributed by atoms with Gasteiger partial charge in [0.1, 0.15) is 0 Å². The molecule has 0 aliphatic carbocycles. The normalized spacial score (nSPS) is 11.7. The third kappa shape index (κ3) is 7.06. The number of pyridine rings is 2. The van der Waals surface area contributed by atoms with Crippen molar-refractivity contribution < 1.29 is 14.3 Å². The smallest absolute Gasteiger partial charge is 0.375 e. The lowest BCUT2D eigenvalue weighted by atomic mass is 9.86. The minimum absolute atomic E-state index is 0.0884. The minimum atomic E-state index is -0.865. The Kier molecular flexibility index (Phi) is 7.96. The number of hydrogen-bond acceptors (Lipinski definition) is 5. The highest BCUT2D eigenvalue weighted by atomic mass is 16.7. The number of carbonyl (C=O) groups is 1. The van der Waals surface area contributed by atoms with Crippen molar-refractivity contribution in [3.8, 4) is 11.8 Å². The first kappa shape index (κ1) is 27.1. The number of nitrogens with zero attached hydrogens (tertiary/aromatic N) is 2. The number of benzene rings is 2. The third-order valence-electron chi connectivity index (χ3n) is 6.49. The number of rotatable bonds is 6. The van der Waals surface area contributed by atoms with Gasteiger partial charge in [0.25, 0.3) is 0 Å². The van der Waals surface area contributed by atoms with Crippen molar-refractivity contribution >= 4 is 6.16 Å². The lowest BCUT2D eigenvalue weighted by molar-refractivity contribution is 0.147. The van der Waals surface area contributed by atoms with Gasteiger partial charge in [0, 0.05) is 36.4 Å². The van der Waals surface area contributed by atoms with Crippen molar-refractivity contribution in [3.05, 3.63) is 119 Å². The molecule has 0 spiro atoms. The summed E-state index contributed by atoms with van der Waals surface area (Å²) in [5.41, 5.74) is 6.52. The lowest BCUT2D eigenvalue weighted by Crippen LogP contribution is -2.17. The molecular weight excluding hydrogens is 472 g/mol. The molecule has 2 aromatic carbocycles. The van der Waals surface area contributed by atoms with Crippen LogP contribution in [0, 0.1) is 0 Å². The van der Waals surface area contributed by atoms with Crippen LogP contribution in [0.15, 0.2) is 85.2 Å². The molecule has 4 aromatic rings. The molecule has 38 heavy (non-hydrogen) atoms. The van der Waals surface area contributed by atoms with Crippen LogP contribution in [-0.2, 0) is 23.7 Å². The average Bonchev–Trinajstić information content (AvgIpc) is 2.86. The fourth-order valence-electron chi connectivity index (χ4n) is 4.16. The van der Waals surface area contributed by atoms with E-state index in [0.29, 0.717) is 12.8 Å². The molecule has 5 heteroatoms. The molecule has 0 saturated carbocycles. The van der Waals surface area contributed by atoms with Crippen LogP contribution in [0.2, 0.25) is 0 Å². The molecule has 4 rings (SSSR count). The van der Waals surface area contributed by atoms with E-state index in [0.717, 1.165) is 22.3 Å². The summed E-state index contributed by atoms with van der Waals surface area (Å²) in [4.78, 5) is 21.4. The highest BCUT2D eigenvalue weighted by Gasteiger charge is 2.18. The minimum Gasteiger partial charge on any atom is -0.375 e. The molecule has 0 atom stereocenters. The second-order valence-corrected chi connectivity index (χ2v) is 11.6. The van der Waals surface area contributed by atoms with E-state index in [4.69, 9.17) is 9.47 Å². The molecule has 0 fully saturated rings. The Bertz CT molecular complexity index is 1270. The summed E-state index contributed by atoms with van der Waals surface area (Å²) < 4.78 is 11.1. The van der Waals surface area contributed by atoms with E-state index in [1.807, 2.05) is 24.3 Å². The largest absolute Gasteiger partial charge is 0.522 e. The van der Waals surface area contributed by atoms with Crippen LogP contribution in [-0.4, -0.2) is 16.1 Å². The molecule has 0 bridgehead atoms. The molecule has 0 aliphatic heterocycles. The molecule has 196 valence electrons. The van der Waals surface area contributed by atoms with Crippen LogP contribution in [0.25, 0.3) is 0 Å². The van der Waals surface area contributed by atoms with Gasteiger partial charge in [-0.05, 0) is 45.2 Å². The second kappa shape index (κ2) is 11.2. The van der Waals surface area contributed by atoms with Crippen LogP contribution in [0.4, 0.5) is 4.79 Å². The molecule has 0 saturated heterocycles. The van der Waals surface area contributed by atoms with Gasteiger partial charge in [0.15, 0.2) is 0 Å². The Morgan fingerprint density at radius 1 is 0.605 bits per heavy atom.